The first-order chi connectivity index (χ1) is 17.9. The van der Waals surface area contributed by atoms with Crippen molar-refractivity contribution in [3.05, 3.63) is 65.7 Å². The van der Waals surface area contributed by atoms with Crippen molar-refractivity contribution >= 4 is 23.7 Å². The van der Waals surface area contributed by atoms with Crippen LogP contribution < -0.4 is 21.7 Å². The standard InChI is InChI=1S/C26H34N4O8/c1-14(31)21(27)24(35)28-19(12-17-8-10-18(33)11-9-17)23(34)30-22(15(2)32)25(36)29-20(26(37)38)13-16-6-4-3-5-7-16/h3-11,14-15,19-22,31-33H,12-13,27H2,1-2H3,(H,28,35)(H,29,36)(H,30,34)(H,37,38). The van der Waals surface area contributed by atoms with Crippen LogP contribution in [0.3, 0.4) is 0 Å². The van der Waals surface area contributed by atoms with Crippen molar-refractivity contribution in [1.82, 2.24) is 16.0 Å². The van der Waals surface area contributed by atoms with Crippen molar-refractivity contribution in [3.63, 3.8) is 0 Å². The Hall–Kier alpha value is -4.00. The van der Waals surface area contributed by atoms with Gasteiger partial charge in [0.05, 0.1) is 12.2 Å². The van der Waals surface area contributed by atoms with Gasteiger partial charge in [-0.1, -0.05) is 42.5 Å². The normalized spacial score (nSPS) is 15.7. The van der Waals surface area contributed by atoms with E-state index in [1.165, 1.54) is 38.1 Å². The second-order valence-electron chi connectivity index (χ2n) is 9.01. The average molecular weight is 531 g/mol. The fourth-order valence-electron chi connectivity index (χ4n) is 3.53. The van der Waals surface area contributed by atoms with E-state index in [4.69, 9.17) is 5.73 Å². The molecule has 0 aromatic heterocycles. The summed E-state index contributed by atoms with van der Waals surface area (Å²) in [6.45, 7) is 2.55. The number of carbonyl (C=O) groups excluding carboxylic acids is 3. The Bertz CT molecular complexity index is 1090. The van der Waals surface area contributed by atoms with Crippen molar-refractivity contribution in [2.45, 2.75) is 63.1 Å². The zero-order valence-corrected chi connectivity index (χ0v) is 21.1. The highest BCUT2D eigenvalue weighted by atomic mass is 16.4. The monoisotopic (exact) mass is 530 g/mol. The number of phenolic OH excluding ortho intramolecular Hbond substituents is 1. The van der Waals surface area contributed by atoms with E-state index in [2.05, 4.69) is 16.0 Å². The molecule has 12 nitrogen and oxygen atoms in total. The molecular formula is C26H34N4O8. The highest BCUT2D eigenvalue weighted by molar-refractivity contribution is 5.94. The maximum absolute atomic E-state index is 13.2. The number of aliphatic carboxylic acids is 1. The van der Waals surface area contributed by atoms with Gasteiger partial charge in [0.1, 0.15) is 29.9 Å². The fourth-order valence-corrected chi connectivity index (χ4v) is 3.53. The van der Waals surface area contributed by atoms with E-state index in [0.717, 1.165) is 0 Å². The molecule has 12 heteroatoms. The minimum atomic E-state index is -1.55. The number of hydrogen-bond donors (Lipinski definition) is 8. The molecule has 206 valence electrons. The number of hydrogen-bond acceptors (Lipinski definition) is 8. The molecule has 3 amide bonds. The zero-order valence-electron chi connectivity index (χ0n) is 21.1. The van der Waals surface area contributed by atoms with Crippen LogP contribution in [0.4, 0.5) is 0 Å². The third kappa shape index (κ3) is 9.14. The topological polar surface area (TPSA) is 211 Å². The Morgan fingerprint density at radius 3 is 1.79 bits per heavy atom. The first-order valence-electron chi connectivity index (χ1n) is 12.0. The Morgan fingerprint density at radius 1 is 0.737 bits per heavy atom. The van der Waals surface area contributed by atoms with Crippen LogP contribution in [0.5, 0.6) is 5.75 Å². The van der Waals surface area contributed by atoms with E-state index in [9.17, 15) is 39.6 Å². The summed E-state index contributed by atoms with van der Waals surface area (Å²) < 4.78 is 0. The van der Waals surface area contributed by atoms with Gasteiger partial charge in [0.25, 0.3) is 0 Å². The molecule has 0 aliphatic heterocycles. The van der Waals surface area contributed by atoms with Crippen LogP contribution in [0.2, 0.25) is 0 Å². The lowest BCUT2D eigenvalue weighted by atomic mass is 10.0. The molecular weight excluding hydrogens is 496 g/mol. The molecule has 6 atom stereocenters. The van der Waals surface area contributed by atoms with Crippen molar-refractivity contribution < 1.29 is 39.6 Å². The summed E-state index contributed by atoms with van der Waals surface area (Å²) in [6, 6.07) is 8.92. The first-order valence-corrected chi connectivity index (χ1v) is 12.0. The number of benzene rings is 2. The molecule has 0 radical (unpaired) electrons. The highest BCUT2D eigenvalue weighted by Gasteiger charge is 2.33. The number of nitrogens with one attached hydrogen (secondary N) is 3. The number of amides is 3. The van der Waals surface area contributed by atoms with Crippen molar-refractivity contribution in [3.8, 4) is 5.75 Å². The first kappa shape index (κ1) is 30.2. The van der Waals surface area contributed by atoms with Crippen LogP contribution in [0.15, 0.2) is 54.6 Å². The average Bonchev–Trinajstić information content (AvgIpc) is 2.87. The molecule has 0 saturated carbocycles. The third-order valence-corrected chi connectivity index (χ3v) is 5.79. The number of nitrogens with two attached hydrogens (primary N) is 1. The molecule has 0 aliphatic carbocycles. The molecule has 0 aliphatic rings. The maximum Gasteiger partial charge on any atom is 0.326 e. The molecule has 2 aromatic rings. The molecule has 0 spiro atoms. The van der Waals surface area contributed by atoms with Gasteiger partial charge in [0, 0.05) is 12.8 Å². The Morgan fingerprint density at radius 2 is 1.26 bits per heavy atom. The fraction of sp³-hybridized carbons (Fsp3) is 0.385. The lowest BCUT2D eigenvalue weighted by Gasteiger charge is -2.27. The minimum absolute atomic E-state index is 0.00996. The van der Waals surface area contributed by atoms with E-state index in [1.54, 1.807) is 30.3 Å². The van der Waals surface area contributed by atoms with Crippen LogP contribution in [0.1, 0.15) is 25.0 Å². The predicted octanol–water partition coefficient (Wildman–Crippen LogP) is -1.19. The summed E-state index contributed by atoms with van der Waals surface area (Å²) in [6.07, 6.45) is -2.74. The summed E-state index contributed by atoms with van der Waals surface area (Å²) >= 11 is 0. The van der Waals surface area contributed by atoms with Gasteiger partial charge in [-0.3, -0.25) is 14.4 Å². The number of aromatic hydroxyl groups is 1. The van der Waals surface area contributed by atoms with E-state index < -0.39 is 60.1 Å². The van der Waals surface area contributed by atoms with Crippen LogP contribution in [-0.4, -0.2) is 80.5 Å². The second-order valence-corrected chi connectivity index (χ2v) is 9.01. The van der Waals surface area contributed by atoms with Gasteiger partial charge in [-0.25, -0.2) is 4.79 Å². The predicted molar refractivity (Wildman–Crippen MR) is 137 cm³/mol. The molecule has 0 saturated heterocycles. The number of carbonyl (C=O) groups is 4. The Labute approximate surface area is 219 Å². The lowest BCUT2D eigenvalue weighted by molar-refractivity contribution is -0.143. The number of carboxylic acids is 1. The molecule has 0 fully saturated rings. The van der Waals surface area contributed by atoms with Gasteiger partial charge >= 0.3 is 5.97 Å². The summed E-state index contributed by atoms with van der Waals surface area (Å²) in [5.41, 5.74) is 6.88. The van der Waals surface area contributed by atoms with E-state index in [-0.39, 0.29) is 18.6 Å². The molecule has 6 unspecified atom stereocenters. The largest absolute Gasteiger partial charge is 0.508 e. The summed E-state index contributed by atoms with van der Waals surface area (Å²) in [5.74, 6) is -3.94. The summed E-state index contributed by atoms with van der Waals surface area (Å²) in [7, 11) is 0. The van der Waals surface area contributed by atoms with Gasteiger partial charge in [0.2, 0.25) is 17.7 Å². The van der Waals surface area contributed by atoms with Crippen LogP contribution >= 0.6 is 0 Å². The quantitative estimate of drug-likeness (QED) is 0.156. The molecule has 0 heterocycles. The van der Waals surface area contributed by atoms with Crippen LogP contribution in [-0.2, 0) is 32.0 Å². The molecule has 9 N–H and O–H groups in total. The number of aliphatic hydroxyl groups is 2. The lowest BCUT2D eigenvalue weighted by Crippen LogP contribution is -2.61. The summed E-state index contributed by atoms with van der Waals surface area (Å²) in [5, 5.41) is 46.1. The van der Waals surface area contributed by atoms with Crippen LogP contribution in [0, 0.1) is 0 Å². The zero-order chi connectivity index (χ0) is 28.4. The van der Waals surface area contributed by atoms with Gasteiger partial charge in [-0.15, -0.1) is 0 Å². The molecule has 2 rings (SSSR count). The highest BCUT2D eigenvalue weighted by Crippen LogP contribution is 2.12. The van der Waals surface area contributed by atoms with Gasteiger partial charge in [-0.2, -0.15) is 0 Å². The third-order valence-electron chi connectivity index (χ3n) is 5.79. The number of carboxylic acid groups (broad SMARTS) is 1. The summed E-state index contributed by atoms with van der Waals surface area (Å²) in [4.78, 5) is 50.4. The van der Waals surface area contributed by atoms with Gasteiger partial charge < -0.3 is 42.1 Å². The van der Waals surface area contributed by atoms with Crippen molar-refractivity contribution in [2.75, 3.05) is 0 Å². The number of rotatable bonds is 13. The minimum Gasteiger partial charge on any atom is -0.508 e. The van der Waals surface area contributed by atoms with Gasteiger partial charge in [0.15, 0.2) is 0 Å². The Balaban J connectivity index is 2.21. The smallest absolute Gasteiger partial charge is 0.326 e. The Kier molecular flexibility index (Phi) is 11.2. The SMILES string of the molecule is CC(O)C(N)C(=O)NC(Cc1ccc(O)cc1)C(=O)NC(C(=O)NC(Cc1ccccc1)C(=O)O)C(C)O. The van der Waals surface area contributed by atoms with E-state index >= 15 is 0 Å². The molecule has 2 aromatic carbocycles. The van der Waals surface area contributed by atoms with Crippen molar-refractivity contribution in [1.29, 1.82) is 0 Å². The number of phenols is 1. The molecule has 38 heavy (non-hydrogen) atoms. The van der Waals surface area contributed by atoms with Crippen molar-refractivity contribution in [2.24, 2.45) is 5.73 Å². The maximum atomic E-state index is 13.2. The van der Waals surface area contributed by atoms with Gasteiger partial charge in [-0.05, 0) is 37.1 Å². The molecule has 0 bridgehead atoms. The van der Waals surface area contributed by atoms with E-state index in [1.807, 2.05) is 0 Å². The van der Waals surface area contributed by atoms with Crippen LogP contribution in [0.25, 0.3) is 0 Å². The van der Waals surface area contributed by atoms with E-state index in [0.29, 0.717) is 11.1 Å². The number of aliphatic hydroxyl groups excluding tert-OH is 2. The second kappa shape index (κ2) is 14.1.